The Morgan fingerprint density at radius 2 is 1.81 bits per heavy atom. The Labute approximate surface area is 166 Å². The van der Waals surface area contributed by atoms with Gasteiger partial charge in [0.1, 0.15) is 0 Å². The molecule has 0 amide bonds. The minimum atomic E-state index is -0.0639. The molecule has 27 heavy (non-hydrogen) atoms. The molecular formula is C21H19ClN2O2S. The summed E-state index contributed by atoms with van der Waals surface area (Å²) in [5.41, 5.74) is 1.16. The van der Waals surface area contributed by atoms with Gasteiger partial charge in [-0.05, 0) is 37.1 Å². The molecule has 1 aliphatic carbocycles. The minimum Gasteiger partial charge on any atom is -0.293 e. The number of halogens is 1. The normalized spacial score (nSPS) is 14.7. The van der Waals surface area contributed by atoms with Crippen LogP contribution in [0.5, 0.6) is 0 Å². The summed E-state index contributed by atoms with van der Waals surface area (Å²) in [5, 5.41) is 1.69. The van der Waals surface area contributed by atoms with E-state index in [-0.39, 0.29) is 23.1 Å². The van der Waals surface area contributed by atoms with Crippen molar-refractivity contribution in [2.24, 2.45) is 0 Å². The maximum absolute atomic E-state index is 13.1. The second kappa shape index (κ2) is 7.87. The number of benzene rings is 2. The van der Waals surface area contributed by atoms with Crippen LogP contribution < -0.4 is 5.56 Å². The fourth-order valence-electron chi connectivity index (χ4n) is 3.61. The van der Waals surface area contributed by atoms with E-state index >= 15 is 0 Å². The molecule has 138 valence electrons. The van der Waals surface area contributed by atoms with E-state index in [1.165, 1.54) is 11.8 Å². The summed E-state index contributed by atoms with van der Waals surface area (Å²) in [6.45, 7) is 0. The first-order valence-electron chi connectivity index (χ1n) is 9.07. The quantitative estimate of drug-likeness (QED) is 0.339. The zero-order valence-corrected chi connectivity index (χ0v) is 16.3. The van der Waals surface area contributed by atoms with Gasteiger partial charge >= 0.3 is 0 Å². The van der Waals surface area contributed by atoms with Crippen LogP contribution in [0.15, 0.2) is 58.5 Å². The van der Waals surface area contributed by atoms with Crippen molar-refractivity contribution in [3.8, 4) is 0 Å². The largest absolute Gasteiger partial charge is 0.293 e. The summed E-state index contributed by atoms with van der Waals surface area (Å²) in [4.78, 5) is 30.4. The number of nitrogens with zero attached hydrogens (tertiary/aromatic N) is 2. The maximum Gasteiger partial charge on any atom is 0.262 e. The molecule has 1 aliphatic rings. The van der Waals surface area contributed by atoms with Gasteiger partial charge < -0.3 is 0 Å². The van der Waals surface area contributed by atoms with Gasteiger partial charge in [-0.25, -0.2) is 4.98 Å². The predicted octanol–water partition coefficient (Wildman–Crippen LogP) is 5.14. The Kier molecular flexibility index (Phi) is 5.32. The number of carbonyl (C=O) groups excluding carboxylic acids is 1. The van der Waals surface area contributed by atoms with Crippen molar-refractivity contribution >= 4 is 40.0 Å². The smallest absolute Gasteiger partial charge is 0.262 e. The maximum atomic E-state index is 13.1. The number of fused-ring (bicyclic) bond motifs is 1. The third-order valence-corrected chi connectivity index (χ3v) is 6.25. The van der Waals surface area contributed by atoms with Crippen LogP contribution in [0.1, 0.15) is 42.1 Å². The number of thioether (sulfide) groups is 1. The lowest BCUT2D eigenvalue weighted by Crippen LogP contribution is -2.26. The number of hydrogen-bond donors (Lipinski definition) is 0. The Morgan fingerprint density at radius 1 is 1.11 bits per heavy atom. The molecule has 4 rings (SSSR count). The van der Waals surface area contributed by atoms with Gasteiger partial charge in [0, 0.05) is 11.6 Å². The minimum absolute atomic E-state index is 0.0137. The first kappa shape index (κ1) is 18.3. The van der Waals surface area contributed by atoms with Crippen LogP contribution in [0.4, 0.5) is 0 Å². The van der Waals surface area contributed by atoms with Gasteiger partial charge in [0.2, 0.25) is 0 Å². The highest BCUT2D eigenvalue weighted by molar-refractivity contribution is 7.99. The fourth-order valence-corrected chi connectivity index (χ4v) is 4.80. The van der Waals surface area contributed by atoms with E-state index < -0.39 is 0 Å². The summed E-state index contributed by atoms with van der Waals surface area (Å²) >= 11 is 7.46. The van der Waals surface area contributed by atoms with Crippen LogP contribution in [0.2, 0.25) is 5.02 Å². The SMILES string of the molecule is O=C(CSc1nc2ccccc2c(=O)n1C1CCCC1)c1ccccc1Cl. The number of hydrogen-bond acceptors (Lipinski definition) is 4. The van der Waals surface area contributed by atoms with Gasteiger partial charge in [-0.1, -0.05) is 60.5 Å². The average Bonchev–Trinajstić information content (AvgIpc) is 3.21. The number of ketones is 1. The van der Waals surface area contributed by atoms with Crippen LogP contribution in [-0.4, -0.2) is 21.1 Å². The standard InChI is InChI=1S/C21H19ClN2O2S/c22-17-11-5-3-9-15(17)19(25)13-27-21-23-18-12-6-4-10-16(18)20(26)24(21)14-7-1-2-8-14/h3-6,9-12,14H,1-2,7-8,13H2. The van der Waals surface area contributed by atoms with Gasteiger partial charge in [0.15, 0.2) is 10.9 Å². The number of para-hydroxylation sites is 1. The topological polar surface area (TPSA) is 52.0 Å². The summed E-state index contributed by atoms with van der Waals surface area (Å²) in [6.07, 6.45) is 4.19. The van der Waals surface area contributed by atoms with Gasteiger partial charge in [0.05, 0.1) is 21.7 Å². The summed E-state index contributed by atoms with van der Waals surface area (Å²) in [5.74, 6) is 0.132. The van der Waals surface area contributed by atoms with Gasteiger partial charge in [0.25, 0.3) is 5.56 Å². The van der Waals surface area contributed by atoms with Crippen LogP contribution in [0.3, 0.4) is 0 Å². The second-order valence-electron chi connectivity index (χ2n) is 6.72. The number of aromatic nitrogens is 2. The zero-order valence-electron chi connectivity index (χ0n) is 14.7. The van der Waals surface area contributed by atoms with Crippen molar-refractivity contribution in [1.29, 1.82) is 0 Å². The van der Waals surface area contributed by atoms with E-state index in [0.29, 0.717) is 26.6 Å². The first-order chi connectivity index (χ1) is 13.1. The third kappa shape index (κ3) is 3.66. The highest BCUT2D eigenvalue weighted by Crippen LogP contribution is 2.32. The van der Waals surface area contributed by atoms with Crippen molar-refractivity contribution in [3.05, 3.63) is 69.5 Å². The predicted molar refractivity (Wildman–Crippen MR) is 110 cm³/mol. The fraction of sp³-hybridized carbons (Fsp3) is 0.286. The Hall–Kier alpha value is -2.11. The molecule has 0 radical (unpaired) electrons. The molecule has 1 aromatic heterocycles. The molecule has 0 unspecified atom stereocenters. The molecule has 1 saturated carbocycles. The molecule has 3 aromatic rings. The Balaban J connectivity index is 1.70. The highest BCUT2D eigenvalue weighted by atomic mass is 35.5. The zero-order chi connectivity index (χ0) is 18.8. The van der Waals surface area contributed by atoms with E-state index in [2.05, 4.69) is 0 Å². The van der Waals surface area contributed by atoms with E-state index in [1.54, 1.807) is 28.8 Å². The summed E-state index contributed by atoms with van der Waals surface area (Å²) in [6, 6.07) is 14.6. The first-order valence-corrected chi connectivity index (χ1v) is 10.4. The Bertz CT molecular complexity index is 1060. The van der Waals surface area contributed by atoms with Gasteiger partial charge in [-0.2, -0.15) is 0 Å². The van der Waals surface area contributed by atoms with Crippen molar-refractivity contribution in [2.75, 3.05) is 5.75 Å². The van der Waals surface area contributed by atoms with Crippen LogP contribution in [0.25, 0.3) is 10.9 Å². The number of Topliss-reactive ketones (excluding diaryl/α,β-unsaturated/α-hetero) is 1. The van der Waals surface area contributed by atoms with E-state index in [9.17, 15) is 9.59 Å². The average molecular weight is 399 g/mol. The molecule has 0 atom stereocenters. The Morgan fingerprint density at radius 3 is 2.59 bits per heavy atom. The third-order valence-electron chi connectivity index (χ3n) is 4.97. The molecule has 0 spiro atoms. The summed E-state index contributed by atoms with van der Waals surface area (Å²) < 4.78 is 1.81. The molecule has 0 bridgehead atoms. The lowest BCUT2D eigenvalue weighted by Gasteiger charge is -2.18. The highest BCUT2D eigenvalue weighted by Gasteiger charge is 2.23. The van der Waals surface area contributed by atoms with Crippen molar-refractivity contribution in [2.45, 2.75) is 36.9 Å². The molecule has 0 aliphatic heterocycles. The van der Waals surface area contributed by atoms with E-state index in [0.717, 1.165) is 25.7 Å². The number of carbonyl (C=O) groups is 1. The van der Waals surface area contributed by atoms with Crippen LogP contribution >= 0.6 is 23.4 Å². The molecule has 2 aromatic carbocycles. The van der Waals surface area contributed by atoms with Gasteiger partial charge in [-0.3, -0.25) is 14.2 Å². The monoisotopic (exact) mass is 398 g/mol. The number of rotatable bonds is 5. The molecule has 4 nitrogen and oxygen atoms in total. The molecule has 1 fully saturated rings. The lowest BCUT2D eigenvalue weighted by molar-refractivity contribution is 0.102. The molecule has 1 heterocycles. The second-order valence-corrected chi connectivity index (χ2v) is 8.07. The lowest BCUT2D eigenvalue weighted by atomic mass is 10.1. The molecule has 0 N–H and O–H groups in total. The molecular weight excluding hydrogens is 380 g/mol. The molecule has 0 saturated heterocycles. The van der Waals surface area contributed by atoms with Crippen LogP contribution in [0, 0.1) is 0 Å². The van der Waals surface area contributed by atoms with Crippen molar-refractivity contribution < 1.29 is 4.79 Å². The van der Waals surface area contributed by atoms with E-state index in [1.807, 2.05) is 24.3 Å². The summed E-state index contributed by atoms with van der Waals surface area (Å²) in [7, 11) is 0. The van der Waals surface area contributed by atoms with Crippen LogP contribution in [-0.2, 0) is 0 Å². The van der Waals surface area contributed by atoms with Gasteiger partial charge in [-0.15, -0.1) is 0 Å². The van der Waals surface area contributed by atoms with E-state index in [4.69, 9.17) is 16.6 Å². The van der Waals surface area contributed by atoms with Crippen molar-refractivity contribution in [1.82, 2.24) is 9.55 Å². The van der Waals surface area contributed by atoms with Crippen molar-refractivity contribution in [3.63, 3.8) is 0 Å². The molecule has 6 heteroatoms.